The van der Waals surface area contributed by atoms with Crippen LogP contribution in [0.4, 0.5) is 0 Å². The van der Waals surface area contributed by atoms with Gasteiger partial charge < -0.3 is 15.0 Å². The highest BCUT2D eigenvalue weighted by molar-refractivity contribution is 5.99. The molecule has 0 aliphatic carbocycles. The van der Waals surface area contributed by atoms with E-state index in [0.717, 1.165) is 0 Å². The van der Waals surface area contributed by atoms with Crippen LogP contribution < -0.4 is 10.1 Å². The molecule has 0 unspecified atom stereocenters. The Morgan fingerprint density at radius 2 is 2.14 bits per heavy atom. The van der Waals surface area contributed by atoms with Crippen LogP contribution in [-0.2, 0) is 4.79 Å². The Hall–Kier alpha value is -2.56. The molecule has 110 valence electrons. The number of carbonyl (C=O) groups excluding carboxylic acids is 2. The molecule has 1 atom stereocenters. The van der Waals surface area contributed by atoms with Gasteiger partial charge in [0.25, 0.3) is 5.91 Å². The molecule has 0 fully saturated rings. The van der Waals surface area contributed by atoms with Crippen LogP contribution in [0.1, 0.15) is 10.4 Å². The lowest BCUT2D eigenvalue weighted by molar-refractivity contribution is -0.123. The number of benzene rings is 1. The maximum atomic E-state index is 12.5. The van der Waals surface area contributed by atoms with Crippen LogP contribution in [0.15, 0.2) is 49.1 Å². The maximum absolute atomic E-state index is 12.5. The van der Waals surface area contributed by atoms with Crippen molar-refractivity contribution in [2.24, 2.45) is 0 Å². The number of ether oxygens (including phenoxy) is 1. The quantitative estimate of drug-likeness (QED) is 0.832. The van der Waals surface area contributed by atoms with Crippen molar-refractivity contribution in [3.05, 3.63) is 54.6 Å². The van der Waals surface area contributed by atoms with Crippen molar-refractivity contribution in [3.63, 3.8) is 0 Å². The Morgan fingerprint density at radius 1 is 1.43 bits per heavy atom. The van der Waals surface area contributed by atoms with Gasteiger partial charge in [-0.1, -0.05) is 18.2 Å². The minimum absolute atomic E-state index is 0.179. The van der Waals surface area contributed by atoms with E-state index < -0.39 is 6.04 Å². The van der Waals surface area contributed by atoms with Crippen molar-refractivity contribution in [1.29, 1.82) is 0 Å². The monoisotopic (exact) mass is 286 g/mol. The molecular formula is C16H18N2O3. The van der Waals surface area contributed by atoms with E-state index in [0.29, 0.717) is 24.4 Å². The third kappa shape index (κ3) is 3.31. The molecule has 0 saturated heterocycles. The molecule has 5 heteroatoms. The Bertz CT molecular complexity index is 563. The second-order valence-corrected chi connectivity index (χ2v) is 4.59. The van der Waals surface area contributed by atoms with Crippen LogP contribution >= 0.6 is 0 Å². The number of nitrogens with zero attached hydrogens (tertiary/aromatic N) is 1. The van der Waals surface area contributed by atoms with Gasteiger partial charge in [-0.25, -0.2) is 0 Å². The molecule has 0 spiro atoms. The molecule has 1 aliphatic heterocycles. The Labute approximate surface area is 123 Å². The van der Waals surface area contributed by atoms with Crippen LogP contribution in [0.3, 0.4) is 0 Å². The summed E-state index contributed by atoms with van der Waals surface area (Å²) < 4.78 is 5.07. The first-order chi connectivity index (χ1) is 10.2. The Balaban J connectivity index is 2.10. The van der Waals surface area contributed by atoms with Crippen LogP contribution in [-0.4, -0.2) is 43.0 Å². The van der Waals surface area contributed by atoms with Crippen LogP contribution in [0.5, 0.6) is 5.75 Å². The highest BCUT2D eigenvalue weighted by Gasteiger charge is 2.30. The van der Waals surface area contributed by atoms with E-state index in [1.807, 2.05) is 6.08 Å². The Morgan fingerprint density at radius 3 is 2.76 bits per heavy atom. The van der Waals surface area contributed by atoms with E-state index in [-0.39, 0.29) is 11.8 Å². The molecule has 1 aliphatic rings. The maximum Gasteiger partial charge on any atom is 0.255 e. The van der Waals surface area contributed by atoms with Gasteiger partial charge in [-0.3, -0.25) is 9.59 Å². The molecular weight excluding hydrogens is 268 g/mol. The highest BCUT2D eigenvalue weighted by Crippen LogP contribution is 2.17. The number of amides is 2. The van der Waals surface area contributed by atoms with Crippen LogP contribution in [0.25, 0.3) is 0 Å². The first-order valence-electron chi connectivity index (χ1n) is 6.67. The fraction of sp³-hybridized carbons (Fsp3) is 0.250. The second-order valence-electron chi connectivity index (χ2n) is 4.59. The largest absolute Gasteiger partial charge is 0.497 e. The zero-order valence-electron chi connectivity index (χ0n) is 11.9. The average Bonchev–Trinajstić information content (AvgIpc) is 3.01. The number of methoxy groups -OCH3 is 1. The van der Waals surface area contributed by atoms with E-state index in [1.54, 1.807) is 43.5 Å². The fourth-order valence-corrected chi connectivity index (χ4v) is 2.14. The predicted octanol–water partition coefficient (Wildman–Crippen LogP) is 1.38. The van der Waals surface area contributed by atoms with Crippen LogP contribution in [0.2, 0.25) is 0 Å². The third-order valence-corrected chi connectivity index (χ3v) is 3.24. The minimum Gasteiger partial charge on any atom is -0.497 e. The van der Waals surface area contributed by atoms with E-state index in [9.17, 15) is 9.59 Å². The average molecular weight is 286 g/mol. The molecule has 1 aromatic rings. The van der Waals surface area contributed by atoms with Crippen LogP contribution in [0, 0.1) is 0 Å². The molecule has 1 N–H and O–H groups in total. The summed E-state index contributed by atoms with van der Waals surface area (Å²) in [6.45, 7) is 4.36. The number of hydrogen-bond donors (Lipinski definition) is 1. The molecule has 21 heavy (non-hydrogen) atoms. The third-order valence-electron chi connectivity index (χ3n) is 3.24. The molecule has 1 aromatic carbocycles. The fourth-order valence-electron chi connectivity index (χ4n) is 2.14. The highest BCUT2D eigenvalue weighted by atomic mass is 16.5. The summed E-state index contributed by atoms with van der Waals surface area (Å²) in [5, 5.41) is 2.71. The first kappa shape index (κ1) is 14.8. The van der Waals surface area contributed by atoms with Crippen molar-refractivity contribution in [1.82, 2.24) is 10.2 Å². The van der Waals surface area contributed by atoms with Crippen molar-refractivity contribution in [2.45, 2.75) is 6.04 Å². The van der Waals surface area contributed by atoms with Gasteiger partial charge in [0, 0.05) is 18.7 Å². The lowest BCUT2D eigenvalue weighted by Crippen LogP contribution is -2.46. The molecule has 0 saturated carbocycles. The molecule has 5 nitrogen and oxygen atoms in total. The summed E-state index contributed by atoms with van der Waals surface area (Å²) >= 11 is 0. The summed E-state index contributed by atoms with van der Waals surface area (Å²) in [7, 11) is 1.57. The molecule has 0 radical (unpaired) electrons. The summed E-state index contributed by atoms with van der Waals surface area (Å²) in [6, 6.07) is 6.27. The van der Waals surface area contributed by atoms with Crippen molar-refractivity contribution < 1.29 is 14.3 Å². The molecule has 0 bridgehead atoms. The van der Waals surface area contributed by atoms with E-state index in [4.69, 9.17) is 4.74 Å². The van der Waals surface area contributed by atoms with Gasteiger partial charge >= 0.3 is 0 Å². The van der Waals surface area contributed by atoms with Gasteiger partial charge in [0.2, 0.25) is 5.91 Å². The SMILES string of the molecule is C=CCNC(=O)[C@@H]1C=CCN1C(=O)c1ccc(OC)cc1. The van der Waals surface area contributed by atoms with Gasteiger partial charge in [0.1, 0.15) is 11.8 Å². The zero-order valence-corrected chi connectivity index (χ0v) is 11.9. The zero-order chi connectivity index (χ0) is 15.2. The molecule has 0 aromatic heterocycles. The van der Waals surface area contributed by atoms with Gasteiger partial charge in [0.05, 0.1) is 7.11 Å². The summed E-state index contributed by atoms with van der Waals surface area (Å²) in [4.78, 5) is 26.0. The molecule has 2 amide bonds. The van der Waals surface area contributed by atoms with Crippen molar-refractivity contribution in [2.75, 3.05) is 20.2 Å². The lowest BCUT2D eigenvalue weighted by atomic mass is 10.1. The number of carbonyl (C=O) groups is 2. The van der Waals surface area contributed by atoms with E-state index in [2.05, 4.69) is 11.9 Å². The van der Waals surface area contributed by atoms with Gasteiger partial charge in [-0.05, 0) is 24.3 Å². The van der Waals surface area contributed by atoms with E-state index >= 15 is 0 Å². The number of hydrogen-bond acceptors (Lipinski definition) is 3. The normalized spacial score (nSPS) is 16.6. The number of rotatable bonds is 5. The first-order valence-corrected chi connectivity index (χ1v) is 6.67. The topological polar surface area (TPSA) is 58.6 Å². The van der Waals surface area contributed by atoms with Crippen molar-refractivity contribution >= 4 is 11.8 Å². The molecule has 2 rings (SSSR count). The van der Waals surface area contributed by atoms with Gasteiger partial charge in [-0.2, -0.15) is 0 Å². The second kappa shape index (κ2) is 6.74. The van der Waals surface area contributed by atoms with Gasteiger partial charge in [-0.15, -0.1) is 6.58 Å². The van der Waals surface area contributed by atoms with E-state index in [1.165, 1.54) is 4.90 Å². The predicted molar refractivity (Wildman–Crippen MR) is 80.2 cm³/mol. The van der Waals surface area contributed by atoms with Gasteiger partial charge in [0.15, 0.2) is 0 Å². The smallest absolute Gasteiger partial charge is 0.255 e. The minimum atomic E-state index is -0.570. The Kier molecular flexibility index (Phi) is 4.77. The lowest BCUT2D eigenvalue weighted by Gasteiger charge is -2.23. The number of nitrogens with one attached hydrogen (secondary N) is 1. The molecule has 1 heterocycles. The summed E-state index contributed by atoms with van der Waals surface area (Å²) in [5.74, 6) is 0.304. The standard InChI is InChI=1S/C16H18N2O3/c1-3-10-17-15(19)14-5-4-11-18(14)16(20)12-6-8-13(21-2)9-7-12/h3-9,14H,1,10-11H2,2H3,(H,17,19)/t14-/m0/s1. The summed E-state index contributed by atoms with van der Waals surface area (Å²) in [5.41, 5.74) is 0.529. The summed E-state index contributed by atoms with van der Waals surface area (Å²) in [6.07, 6.45) is 5.16. The van der Waals surface area contributed by atoms with Crippen molar-refractivity contribution in [3.8, 4) is 5.75 Å².